The van der Waals surface area contributed by atoms with Gasteiger partial charge in [-0.25, -0.2) is 4.79 Å². The maximum Gasteiger partial charge on any atom is 0.366 e. The molecule has 69 heavy (non-hydrogen) atoms. The van der Waals surface area contributed by atoms with E-state index in [-0.39, 0.29) is 0 Å². The number of carbonyl (C=O) groups is 3. The van der Waals surface area contributed by atoms with Gasteiger partial charge >= 0.3 is 5.97 Å². The smallest absolute Gasteiger partial charge is 0.366 e. The summed E-state index contributed by atoms with van der Waals surface area (Å²) in [7, 11) is 0.803. The molecule has 0 radical (unpaired) electrons. The van der Waals surface area contributed by atoms with E-state index in [4.69, 9.17) is 47.4 Å². The molecule has 5 rings (SSSR count). The van der Waals surface area contributed by atoms with Gasteiger partial charge in [0, 0.05) is 20.3 Å². The third kappa shape index (κ3) is 12.3. The number of rotatable bonds is 18. The van der Waals surface area contributed by atoms with Crippen LogP contribution in [0.15, 0.2) is 0 Å². The van der Waals surface area contributed by atoms with Crippen molar-refractivity contribution in [3.05, 3.63) is 0 Å². The van der Waals surface area contributed by atoms with Crippen molar-refractivity contribution >= 4 is 17.8 Å². The molecule has 0 aliphatic carbocycles. The van der Waals surface area contributed by atoms with Crippen molar-refractivity contribution in [3.63, 3.8) is 0 Å². The van der Waals surface area contributed by atoms with E-state index in [1.807, 2.05) is 0 Å². The highest BCUT2D eigenvalue weighted by Crippen LogP contribution is 2.41. The summed E-state index contributed by atoms with van der Waals surface area (Å²) >= 11 is 0. The maximum absolute atomic E-state index is 14.0. The topological polar surface area (TPSA) is 491 Å². The van der Waals surface area contributed by atoms with E-state index in [2.05, 4.69) is 10.6 Å². The Morgan fingerprint density at radius 1 is 0.580 bits per heavy atom. The van der Waals surface area contributed by atoms with Gasteiger partial charge in [-0.2, -0.15) is 0 Å². The number of esters is 1. The summed E-state index contributed by atoms with van der Waals surface area (Å²) in [6.45, 7) is -3.32. The van der Waals surface area contributed by atoms with Crippen LogP contribution in [0.2, 0.25) is 0 Å². The molecule has 26 atom stereocenters. The van der Waals surface area contributed by atoms with E-state index in [9.17, 15) is 96.1 Å². The highest BCUT2D eigenvalue weighted by molar-refractivity contribution is 5.78. The summed E-state index contributed by atoms with van der Waals surface area (Å²) in [5.41, 5.74) is 0. The predicted octanol–water partition coefficient (Wildman–Crippen LogP) is -12.3. The van der Waals surface area contributed by atoms with Crippen LogP contribution in [-0.4, -0.2) is 299 Å². The van der Waals surface area contributed by atoms with Gasteiger partial charge < -0.3 is 140 Å². The summed E-state index contributed by atoms with van der Waals surface area (Å²) in [5, 5.41) is 175. The quantitative estimate of drug-likeness (QED) is 0.0567. The number of hydrogen-bond acceptors (Lipinski definition) is 29. The lowest BCUT2D eigenvalue weighted by atomic mass is 9.88. The number of ether oxygens (including phenoxy) is 10. The first kappa shape index (κ1) is 57.3. The van der Waals surface area contributed by atoms with Crippen molar-refractivity contribution in [2.45, 2.75) is 179 Å². The van der Waals surface area contributed by atoms with Crippen molar-refractivity contribution < 1.29 is 143 Å². The van der Waals surface area contributed by atoms with Crippen molar-refractivity contribution in [1.29, 1.82) is 0 Å². The molecule has 400 valence electrons. The molecule has 0 unspecified atom stereocenters. The standard InChI is InChI=1S/C38H64N2O29/c1-10(46)39-18-12(48)4-38(37(59)60-3,68-31(18)20(50)13(49)5-41)69-32-27(57)36(65-28-16(8-44)61-33(58)25(55)24(28)54)64-17(9-45)29(32)66-34-19(40-11(2)47)30(22(52)15(7-43)62-34)67-35-26(56)23(53)21(51)14(6-42)63-35/h12-36,41-45,48-58H,4-9H2,1-3H3,(H,39,46)(H,40,47)/t12-,13+,14+,15+,16+,17+,18+,19+,20+,21-,22-,23-,24+,25+,26+,27+,28+,29-,30+,31+,32+,33+,34-,35-,36-,38-/m0/s1. The Labute approximate surface area is 391 Å². The Morgan fingerprint density at radius 3 is 1.65 bits per heavy atom. The Kier molecular flexibility index (Phi) is 20.3. The minimum Gasteiger partial charge on any atom is -0.465 e. The number of aliphatic hydroxyl groups excluding tert-OH is 16. The highest BCUT2D eigenvalue weighted by Gasteiger charge is 2.62. The van der Waals surface area contributed by atoms with Gasteiger partial charge in [-0.15, -0.1) is 0 Å². The zero-order valence-corrected chi connectivity index (χ0v) is 37.1. The van der Waals surface area contributed by atoms with Crippen LogP contribution in [0, 0.1) is 0 Å². The zero-order valence-electron chi connectivity index (χ0n) is 37.1. The first-order chi connectivity index (χ1) is 32.5. The Balaban J connectivity index is 1.62. The van der Waals surface area contributed by atoms with Gasteiger partial charge in [-0.1, -0.05) is 0 Å². The van der Waals surface area contributed by atoms with Gasteiger partial charge in [-0.05, 0) is 0 Å². The van der Waals surface area contributed by atoms with Crippen LogP contribution >= 0.6 is 0 Å². The fraction of sp³-hybridized carbons (Fsp3) is 0.921. The maximum atomic E-state index is 14.0. The minimum absolute atomic E-state index is 0.803. The van der Waals surface area contributed by atoms with E-state index in [1.165, 1.54) is 0 Å². The molecule has 0 aromatic heterocycles. The predicted molar refractivity (Wildman–Crippen MR) is 211 cm³/mol. The van der Waals surface area contributed by atoms with Gasteiger partial charge in [0.05, 0.1) is 52.3 Å². The molecule has 31 heteroatoms. The number of nitrogens with one attached hydrogen (secondary N) is 2. The summed E-state index contributed by atoms with van der Waals surface area (Å²) in [4.78, 5) is 39.0. The molecule has 31 nitrogen and oxygen atoms in total. The Morgan fingerprint density at radius 2 is 1.09 bits per heavy atom. The number of amides is 2. The number of hydrogen-bond donors (Lipinski definition) is 18. The molecule has 0 spiro atoms. The zero-order chi connectivity index (χ0) is 51.4. The SMILES string of the molecule is COC(=O)[C@@]1(O[C@@H]2[C@@H](O)[C@H](O[C@H]3[C@H](O)[C@@H](O)[C@H](O)O[C@@H]3CO)O[C@H](CO)[C@@H]2O[C@@H]2O[C@H](CO)[C@H](O)[C@H](O[C@@H]3O[C@H](CO)[C@H](O)[C@H](O)[C@H]3O)[C@H]2NC(C)=O)C[C@H](O)[C@@H](NC(C)=O)[C@H]([C@H](O)[C@H](O)CO)O1. The first-order valence-electron chi connectivity index (χ1n) is 21.6. The molecular formula is C38H64N2O29. The molecule has 5 heterocycles. The average molecular weight is 1010 g/mol. The number of methoxy groups -OCH3 is 1. The third-order valence-corrected chi connectivity index (χ3v) is 12.3. The Hall–Kier alpha value is -2.59. The summed E-state index contributed by atoms with van der Waals surface area (Å²) in [6, 6.07) is -3.51. The molecule has 18 N–H and O–H groups in total. The molecule has 2 amide bonds. The van der Waals surface area contributed by atoms with Crippen LogP contribution in [0.4, 0.5) is 0 Å². The van der Waals surface area contributed by atoms with Crippen LogP contribution < -0.4 is 10.6 Å². The molecular weight excluding hydrogens is 948 g/mol. The summed E-state index contributed by atoms with van der Waals surface area (Å²) in [5.74, 6) is -6.36. The van der Waals surface area contributed by atoms with Gasteiger partial charge in [-0.3, -0.25) is 9.59 Å². The molecule has 0 bridgehead atoms. The van der Waals surface area contributed by atoms with Crippen LogP contribution in [-0.2, 0) is 61.8 Å². The molecule has 5 aliphatic rings. The third-order valence-electron chi connectivity index (χ3n) is 12.3. The van der Waals surface area contributed by atoms with Gasteiger partial charge in [0.15, 0.2) is 25.2 Å². The van der Waals surface area contributed by atoms with Gasteiger partial charge in [0.1, 0.15) is 116 Å². The van der Waals surface area contributed by atoms with Crippen LogP contribution in [0.25, 0.3) is 0 Å². The van der Waals surface area contributed by atoms with Gasteiger partial charge in [0.25, 0.3) is 5.79 Å². The fourth-order valence-corrected chi connectivity index (χ4v) is 8.68. The van der Waals surface area contributed by atoms with E-state index < -0.39 is 216 Å². The second kappa shape index (κ2) is 24.4. The normalized spacial score (nSPS) is 46.0. The van der Waals surface area contributed by atoms with Crippen molar-refractivity contribution in [1.82, 2.24) is 10.6 Å². The van der Waals surface area contributed by atoms with Crippen molar-refractivity contribution in [2.24, 2.45) is 0 Å². The summed E-state index contributed by atoms with van der Waals surface area (Å²) in [6.07, 6.45) is -47.6. The van der Waals surface area contributed by atoms with E-state index in [1.54, 1.807) is 0 Å². The van der Waals surface area contributed by atoms with E-state index in [0.717, 1.165) is 21.0 Å². The second-order valence-electron chi connectivity index (χ2n) is 17.0. The molecule has 5 saturated heterocycles. The van der Waals surface area contributed by atoms with E-state index in [0.29, 0.717) is 0 Å². The molecule has 0 aromatic carbocycles. The average Bonchev–Trinajstić information content (AvgIpc) is 3.32. The van der Waals surface area contributed by atoms with Crippen LogP contribution in [0.3, 0.4) is 0 Å². The summed E-state index contributed by atoms with van der Waals surface area (Å²) < 4.78 is 57.3. The van der Waals surface area contributed by atoms with Crippen molar-refractivity contribution in [3.8, 4) is 0 Å². The fourth-order valence-electron chi connectivity index (χ4n) is 8.68. The molecule has 5 fully saturated rings. The molecule has 0 aromatic rings. The lowest BCUT2D eigenvalue weighted by Gasteiger charge is -2.53. The Bertz CT molecular complexity index is 1670. The lowest BCUT2D eigenvalue weighted by Crippen LogP contribution is -2.72. The van der Waals surface area contributed by atoms with Crippen molar-refractivity contribution in [2.75, 3.05) is 40.1 Å². The minimum atomic E-state index is -3.09. The second-order valence-corrected chi connectivity index (χ2v) is 17.0. The highest BCUT2D eigenvalue weighted by atomic mass is 16.8. The van der Waals surface area contributed by atoms with E-state index >= 15 is 0 Å². The van der Waals surface area contributed by atoms with Crippen LogP contribution in [0.1, 0.15) is 20.3 Å². The lowest BCUT2D eigenvalue weighted by molar-refractivity contribution is -0.403. The molecule has 0 saturated carbocycles. The molecule has 5 aliphatic heterocycles. The van der Waals surface area contributed by atoms with Gasteiger partial charge in [0.2, 0.25) is 11.8 Å². The monoisotopic (exact) mass is 1010 g/mol. The largest absolute Gasteiger partial charge is 0.465 e. The number of aliphatic hydroxyl groups is 16. The first-order valence-corrected chi connectivity index (χ1v) is 21.6. The van der Waals surface area contributed by atoms with Crippen LogP contribution in [0.5, 0.6) is 0 Å². The number of carbonyl (C=O) groups excluding carboxylic acids is 3.